The summed E-state index contributed by atoms with van der Waals surface area (Å²) in [5.74, 6) is 0. The molecule has 1 nitrogen and oxygen atoms in total. The van der Waals surface area contributed by atoms with Gasteiger partial charge in [-0.15, -0.1) is 0 Å². The van der Waals surface area contributed by atoms with E-state index in [1.54, 1.807) is 0 Å². The molecule has 0 aliphatic rings. The van der Waals surface area contributed by atoms with Crippen LogP contribution in [0, 0.1) is 0 Å². The van der Waals surface area contributed by atoms with Crippen LogP contribution in [-0.4, -0.2) is 0 Å². The van der Waals surface area contributed by atoms with Crippen molar-refractivity contribution < 1.29 is 0 Å². The molecule has 6 aromatic rings. The molecule has 0 aliphatic carbocycles. The average Bonchev–Trinajstić information content (AvgIpc) is 3.09. The highest BCUT2D eigenvalue weighted by Gasteiger charge is 2.45. The van der Waals surface area contributed by atoms with Gasteiger partial charge in [-0.25, -0.2) is 0 Å². The summed E-state index contributed by atoms with van der Waals surface area (Å²) >= 11 is 0. The lowest BCUT2D eigenvalue weighted by Crippen LogP contribution is -2.32. The third-order valence-electron chi connectivity index (χ3n) is 7.02. The van der Waals surface area contributed by atoms with E-state index in [1.807, 2.05) is 30.3 Å². The van der Waals surface area contributed by atoms with Crippen LogP contribution in [0.3, 0.4) is 0 Å². The predicted octanol–water partition coefficient (Wildman–Crippen LogP) is 6.85. The van der Waals surface area contributed by atoms with Crippen molar-refractivity contribution in [3.05, 3.63) is 161 Å². The summed E-state index contributed by atoms with van der Waals surface area (Å²) in [5.41, 5.74) is 1.33. The molecule has 0 amide bonds. The summed E-state index contributed by atoms with van der Waals surface area (Å²) < 4.78 is 0. The summed E-state index contributed by atoms with van der Waals surface area (Å²) in [6.45, 7) is 0. The molecule has 0 unspecified atom stereocenters. The van der Waals surface area contributed by atoms with Gasteiger partial charge in [0.1, 0.15) is 23.2 Å². The number of rotatable bonds is 5. The van der Waals surface area contributed by atoms with Crippen LogP contribution in [-0.2, 0) is 6.16 Å². The van der Waals surface area contributed by atoms with E-state index in [9.17, 15) is 4.79 Å². The molecule has 0 N–H and O–H groups in total. The van der Waals surface area contributed by atoms with Crippen LogP contribution < -0.4 is 21.3 Å². The van der Waals surface area contributed by atoms with E-state index in [2.05, 4.69) is 115 Å². The maximum Gasteiger partial charge on any atom is 0.194 e. The van der Waals surface area contributed by atoms with E-state index < -0.39 is 7.26 Å². The first-order valence-electron chi connectivity index (χ1n) is 12.3. The fraction of sp³-hybridized carbons (Fsp3) is 0.0294. The molecular weight excluding hydrogens is 455 g/mol. The molecular formula is C34H26OP+. The highest BCUT2D eigenvalue weighted by Crippen LogP contribution is 2.58. The van der Waals surface area contributed by atoms with E-state index in [1.165, 1.54) is 21.5 Å². The first-order valence-corrected chi connectivity index (χ1v) is 14.2. The number of hydrogen-bond acceptors (Lipinski definition) is 1. The molecule has 0 heterocycles. The molecule has 6 rings (SSSR count). The molecule has 0 saturated carbocycles. The zero-order chi connectivity index (χ0) is 24.4. The highest BCUT2D eigenvalue weighted by molar-refractivity contribution is 7.95. The van der Waals surface area contributed by atoms with Crippen LogP contribution in [0.4, 0.5) is 0 Å². The summed E-state index contributed by atoms with van der Waals surface area (Å²) in [6.07, 6.45) is 0.882. The van der Waals surface area contributed by atoms with Crippen LogP contribution in [0.5, 0.6) is 0 Å². The first-order chi connectivity index (χ1) is 17.8. The monoisotopic (exact) mass is 481 g/mol. The van der Waals surface area contributed by atoms with E-state index in [4.69, 9.17) is 0 Å². The van der Waals surface area contributed by atoms with Crippen LogP contribution in [0.25, 0.3) is 21.5 Å². The van der Waals surface area contributed by atoms with E-state index in [0.717, 1.165) is 27.7 Å². The zero-order valence-corrected chi connectivity index (χ0v) is 20.8. The molecule has 0 atom stereocenters. The largest absolute Gasteiger partial charge is 0.289 e. The molecule has 2 heteroatoms. The standard InChI is InChI=1S/C34H26OP/c35-34-32-19-11-10-12-27(32)21-22-28-24-26(20-23-33(28)34)25-36(29-13-4-1-5-14-29,30-15-6-2-7-16-30)31-17-8-3-9-18-31/h1-24H,25H2/q+1. The molecule has 0 bridgehead atoms. The van der Waals surface area contributed by atoms with E-state index >= 15 is 0 Å². The number of benzene rings is 5. The Morgan fingerprint density at radius 1 is 0.444 bits per heavy atom. The number of fused-ring (bicyclic) bond motifs is 2. The smallest absolute Gasteiger partial charge is 0.194 e. The normalized spacial score (nSPS) is 11.6. The zero-order valence-electron chi connectivity index (χ0n) is 19.9. The Hall–Kier alpha value is -4.06. The Labute approximate surface area is 212 Å². The first kappa shape index (κ1) is 22.4. The Balaban J connectivity index is 1.60. The topological polar surface area (TPSA) is 17.1 Å². The molecule has 0 radical (unpaired) electrons. The number of hydrogen-bond donors (Lipinski definition) is 0. The van der Waals surface area contributed by atoms with Gasteiger partial charge < -0.3 is 0 Å². The SMILES string of the molecule is O=c1c2ccccc2ccc2cc(C[P+](c3ccccc3)(c3ccccc3)c3ccccc3)ccc12. The second-order valence-electron chi connectivity index (χ2n) is 9.15. The summed E-state index contributed by atoms with van der Waals surface area (Å²) in [4.78, 5) is 13.4. The van der Waals surface area contributed by atoms with Gasteiger partial charge in [0.15, 0.2) is 5.43 Å². The van der Waals surface area contributed by atoms with Crippen LogP contribution in [0.15, 0.2) is 150 Å². The Morgan fingerprint density at radius 3 is 1.50 bits per heavy atom. The van der Waals surface area contributed by atoms with Crippen molar-refractivity contribution >= 4 is 44.7 Å². The highest BCUT2D eigenvalue weighted by atomic mass is 31.2. The third-order valence-corrected chi connectivity index (χ3v) is 11.4. The van der Waals surface area contributed by atoms with Gasteiger partial charge in [0.05, 0.1) is 6.16 Å². The molecule has 0 fully saturated rings. The van der Waals surface area contributed by atoms with Crippen LogP contribution in [0.2, 0.25) is 0 Å². The third kappa shape index (κ3) is 3.92. The summed E-state index contributed by atoms with van der Waals surface area (Å²) in [6, 6.07) is 51.2. The Kier molecular flexibility index (Phi) is 5.93. The van der Waals surface area contributed by atoms with Gasteiger partial charge in [-0.2, -0.15) is 0 Å². The van der Waals surface area contributed by atoms with Crippen molar-refractivity contribution in [3.63, 3.8) is 0 Å². The van der Waals surface area contributed by atoms with Gasteiger partial charge in [0.25, 0.3) is 0 Å². The van der Waals surface area contributed by atoms with Crippen molar-refractivity contribution in [2.45, 2.75) is 6.16 Å². The Bertz CT molecular complexity index is 1610. The molecule has 6 aromatic carbocycles. The van der Waals surface area contributed by atoms with Crippen molar-refractivity contribution in [1.29, 1.82) is 0 Å². The lowest BCUT2D eigenvalue weighted by molar-refractivity contribution is 1.41. The van der Waals surface area contributed by atoms with Crippen molar-refractivity contribution in [2.24, 2.45) is 0 Å². The Morgan fingerprint density at radius 2 is 0.917 bits per heavy atom. The van der Waals surface area contributed by atoms with Crippen molar-refractivity contribution in [1.82, 2.24) is 0 Å². The van der Waals surface area contributed by atoms with Gasteiger partial charge in [-0.05, 0) is 58.8 Å². The lowest BCUT2D eigenvalue weighted by Gasteiger charge is -2.28. The summed E-state index contributed by atoms with van der Waals surface area (Å²) in [7, 11) is -2.00. The minimum Gasteiger partial charge on any atom is -0.289 e. The second-order valence-corrected chi connectivity index (χ2v) is 12.6. The van der Waals surface area contributed by atoms with Gasteiger partial charge >= 0.3 is 0 Å². The average molecular weight is 482 g/mol. The fourth-order valence-electron chi connectivity index (χ4n) is 5.27. The van der Waals surface area contributed by atoms with Crippen LogP contribution >= 0.6 is 7.26 Å². The minimum absolute atomic E-state index is 0.0902. The van der Waals surface area contributed by atoms with Crippen molar-refractivity contribution in [3.8, 4) is 0 Å². The molecule has 172 valence electrons. The second kappa shape index (κ2) is 9.53. The van der Waals surface area contributed by atoms with Gasteiger partial charge in [0, 0.05) is 10.8 Å². The predicted molar refractivity (Wildman–Crippen MR) is 157 cm³/mol. The molecule has 36 heavy (non-hydrogen) atoms. The molecule has 0 aromatic heterocycles. The van der Waals surface area contributed by atoms with Crippen LogP contribution in [0.1, 0.15) is 5.56 Å². The van der Waals surface area contributed by atoms with E-state index in [0.29, 0.717) is 0 Å². The minimum atomic E-state index is -2.00. The summed E-state index contributed by atoms with van der Waals surface area (Å²) in [5, 5.41) is 7.56. The molecule has 0 aliphatic heterocycles. The molecule has 0 saturated heterocycles. The lowest BCUT2D eigenvalue weighted by atomic mass is 10.1. The maximum absolute atomic E-state index is 13.4. The molecule has 0 spiro atoms. The van der Waals surface area contributed by atoms with Gasteiger partial charge in [-0.1, -0.05) is 103 Å². The quantitative estimate of drug-likeness (QED) is 0.246. The van der Waals surface area contributed by atoms with Gasteiger partial charge in [-0.3, -0.25) is 4.79 Å². The van der Waals surface area contributed by atoms with Crippen molar-refractivity contribution in [2.75, 3.05) is 0 Å². The maximum atomic E-state index is 13.4. The van der Waals surface area contributed by atoms with E-state index in [-0.39, 0.29) is 5.43 Å². The fourth-order valence-corrected chi connectivity index (χ4v) is 9.50. The van der Waals surface area contributed by atoms with Gasteiger partial charge in [0.2, 0.25) is 0 Å².